The molecular formula is C42H80. The van der Waals surface area contributed by atoms with Gasteiger partial charge in [-0.05, 0) is 75.5 Å². The average molecular weight is 585 g/mol. The summed E-state index contributed by atoms with van der Waals surface area (Å²) in [6, 6.07) is 0. The largest absolute Gasteiger partial charge is 0.0885 e. The lowest BCUT2D eigenvalue weighted by Crippen LogP contribution is -2.04. The van der Waals surface area contributed by atoms with Crippen LogP contribution in [0.4, 0.5) is 0 Å². The van der Waals surface area contributed by atoms with E-state index in [1.54, 1.807) is 5.57 Å². The van der Waals surface area contributed by atoms with Crippen LogP contribution in [0.1, 0.15) is 215 Å². The van der Waals surface area contributed by atoms with E-state index < -0.39 is 0 Å². The van der Waals surface area contributed by atoms with Gasteiger partial charge in [-0.1, -0.05) is 193 Å². The highest BCUT2D eigenvalue weighted by atomic mass is 14.2. The van der Waals surface area contributed by atoms with Gasteiger partial charge >= 0.3 is 0 Å². The van der Waals surface area contributed by atoms with Crippen molar-refractivity contribution in [2.75, 3.05) is 0 Å². The van der Waals surface area contributed by atoms with Gasteiger partial charge in [0.25, 0.3) is 0 Å². The molecule has 0 aromatic carbocycles. The molecule has 0 aromatic heterocycles. The van der Waals surface area contributed by atoms with Crippen molar-refractivity contribution in [2.45, 2.75) is 215 Å². The highest BCUT2D eigenvalue weighted by Crippen LogP contribution is 2.28. The molecule has 42 heavy (non-hydrogen) atoms. The molecule has 1 unspecified atom stereocenters. The SMILES string of the molecule is CCCCCC/C=C/C/C(=C/CCCCCCCC(C)C)C(C/C=C/CCCCCC)CCCCCCCCC(C)C. The Labute approximate surface area is 268 Å². The van der Waals surface area contributed by atoms with Crippen molar-refractivity contribution >= 4 is 0 Å². The van der Waals surface area contributed by atoms with Gasteiger partial charge in [-0.3, -0.25) is 0 Å². The number of hydrogen-bond acceptors (Lipinski definition) is 0. The fourth-order valence-electron chi connectivity index (χ4n) is 6.13. The molecule has 0 saturated carbocycles. The van der Waals surface area contributed by atoms with Gasteiger partial charge in [-0.2, -0.15) is 0 Å². The van der Waals surface area contributed by atoms with Crippen LogP contribution in [-0.4, -0.2) is 0 Å². The predicted molar refractivity (Wildman–Crippen MR) is 196 cm³/mol. The lowest BCUT2D eigenvalue weighted by molar-refractivity contribution is 0.482. The smallest absolute Gasteiger partial charge is 0.0136 e. The van der Waals surface area contributed by atoms with E-state index in [4.69, 9.17) is 0 Å². The zero-order valence-corrected chi connectivity index (χ0v) is 30.2. The monoisotopic (exact) mass is 585 g/mol. The van der Waals surface area contributed by atoms with Gasteiger partial charge in [0.1, 0.15) is 0 Å². The van der Waals surface area contributed by atoms with Crippen LogP contribution in [0, 0.1) is 17.8 Å². The van der Waals surface area contributed by atoms with E-state index in [0.717, 1.165) is 17.8 Å². The zero-order valence-electron chi connectivity index (χ0n) is 30.2. The van der Waals surface area contributed by atoms with Gasteiger partial charge in [0, 0.05) is 0 Å². The maximum absolute atomic E-state index is 2.70. The Morgan fingerprint density at radius 2 is 0.857 bits per heavy atom. The summed E-state index contributed by atoms with van der Waals surface area (Å²) in [5.74, 6) is 2.47. The van der Waals surface area contributed by atoms with Crippen LogP contribution in [0.5, 0.6) is 0 Å². The summed E-state index contributed by atoms with van der Waals surface area (Å²) in [6.45, 7) is 14.1. The van der Waals surface area contributed by atoms with Crippen LogP contribution in [0.3, 0.4) is 0 Å². The quantitative estimate of drug-likeness (QED) is 0.0545. The van der Waals surface area contributed by atoms with E-state index in [9.17, 15) is 0 Å². The third kappa shape index (κ3) is 30.7. The number of unbranched alkanes of at least 4 members (excludes halogenated alkanes) is 18. The second kappa shape index (κ2) is 33.1. The van der Waals surface area contributed by atoms with E-state index in [1.165, 1.54) is 173 Å². The third-order valence-electron chi connectivity index (χ3n) is 9.06. The minimum atomic E-state index is 0.744. The Bertz CT molecular complexity index is 604. The lowest BCUT2D eigenvalue weighted by atomic mass is 9.86. The van der Waals surface area contributed by atoms with E-state index in [2.05, 4.69) is 71.9 Å². The van der Waals surface area contributed by atoms with Crippen molar-refractivity contribution < 1.29 is 0 Å². The van der Waals surface area contributed by atoms with E-state index in [1.807, 2.05) is 0 Å². The first-order valence-corrected chi connectivity index (χ1v) is 19.5. The Hall–Kier alpha value is -0.780. The first-order valence-electron chi connectivity index (χ1n) is 19.5. The lowest BCUT2D eigenvalue weighted by Gasteiger charge is -2.19. The third-order valence-corrected chi connectivity index (χ3v) is 9.06. The first kappa shape index (κ1) is 41.2. The summed E-state index contributed by atoms with van der Waals surface area (Å²) in [7, 11) is 0. The Kier molecular flexibility index (Phi) is 32.5. The number of allylic oxidation sites excluding steroid dienone is 6. The highest BCUT2D eigenvalue weighted by Gasteiger charge is 2.12. The summed E-state index contributed by atoms with van der Waals surface area (Å²) in [6.07, 6.45) is 49.9. The van der Waals surface area contributed by atoms with Gasteiger partial charge in [-0.25, -0.2) is 0 Å². The van der Waals surface area contributed by atoms with Gasteiger partial charge in [-0.15, -0.1) is 0 Å². The van der Waals surface area contributed by atoms with Crippen LogP contribution in [-0.2, 0) is 0 Å². The molecule has 0 saturated heterocycles. The molecule has 0 radical (unpaired) electrons. The van der Waals surface area contributed by atoms with Gasteiger partial charge in [0.15, 0.2) is 0 Å². The molecule has 0 heterocycles. The van der Waals surface area contributed by atoms with E-state index in [-0.39, 0.29) is 0 Å². The molecule has 0 spiro atoms. The second-order valence-corrected chi connectivity index (χ2v) is 14.4. The van der Waals surface area contributed by atoms with Gasteiger partial charge in [0.05, 0.1) is 0 Å². The molecule has 1 atom stereocenters. The minimum Gasteiger partial charge on any atom is -0.0885 e. The van der Waals surface area contributed by atoms with Crippen molar-refractivity contribution in [3.8, 4) is 0 Å². The van der Waals surface area contributed by atoms with Crippen molar-refractivity contribution in [3.63, 3.8) is 0 Å². The van der Waals surface area contributed by atoms with Crippen LogP contribution in [0.15, 0.2) is 36.0 Å². The predicted octanol–water partition coefficient (Wildman–Crippen LogP) is 15.5. The molecular weight excluding hydrogens is 504 g/mol. The first-order chi connectivity index (χ1) is 20.5. The summed E-state index contributed by atoms with van der Waals surface area (Å²) in [4.78, 5) is 0. The van der Waals surface area contributed by atoms with Crippen LogP contribution < -0.4 is 0 Å². The Morgan fingerprint density at radius 1 is 0.429 bits per heavy atom. The van der Waals surface area contributed by atoms with Crippen LogP contribution >= 0.6 is 0 Å². The van der Waals surface area contributed by atoms with Crippen molar-refractivity contribution in [3.05, 3.63) is 36.0 Å². The standard InChI is InChI=1S/C42H80/c1-7-9-11-13-15-23-29-35-41(37-31-25-19-17-21-27-33-39(3)4)42(36-30-24-16-14-12-10-8-2)38-32-26-20-18-22-28-34-40(5)6/h23-24,29-30,37,39-40,42H,7-22,25-28,31-36,38H2,1-6H3/b29-23+,30-24+,41-37-. The van der Waals surface area contributed by atoms with E-state index in [0.29, 0.717) is 0 Å². The summed E-state index contributed by atoms with van der Waals surface area (Å²) in [5, 5.41) is 0. The van der Waals surface area contributed by atoms with Crippen molar-refractivity contribution in [1.29, 1.82) is 0 Å². The summed E-state index contributed by atoms with van der Waals surface area (Å²) < 4.78 is 0. The topological polar surface area (TPSA) is 0 Å². The zero-order chi connectivity index (χ0) is 30.9. The maximum atomic E-state index is 2.70. The normalized spacial score (nSPS) is 13.5. The fourth-order valence-corrected chi connectivity index (χ4v) is 6.13. The molecule has 0 aliphatic carbocycles. The number of rotatable bonds is 32. The molecule has 0 rings (SSSR count). The molecule has 0 heteroatoms. The summed E-state index contributed by atoms with van der Waals surface area (Å²) in [5.41, 5.74) is 1.76. The molecule has 0 bridgehead atoms. The highest BCUT2D eigenvalue weighted by molar-refractivity contribution is 5.13. The molecule has 0 nitrogen and oxygen atoms in total. The molecule has 248 valence electrons. The van der Waals surface area contributed by atoms with Gasteiger partial charge in [0.2, 0.25) is 0 Å². The molecule has 0 aromatic rings. The molecule has 0 N–H and O–H groups in total. The van der Waals surface area contributed by atoms with E-state index >= 15 is 0 Å². The summed E-state index contributed by atoms with van der Waals surface area (Å²) >= 11 is 0. The molecule has 0 aliphatic heterocycles. The van der Waals surface area contributed by atoms with Crippen molar-refractivity contribution in [1.82, 2.24) is 0 Å². The Balaban J connectivity index is 5.04. The Morgan fingerprint density at radius 3 is 1.38 bits per heavy atom. The molecule has 0 aliphatic rings. The van der Waals surface area contributed by atoms with Gasteiger partial charge < -0.3 is 0 Å². The fraction of sp³-hybridized carbons (Fsp3) is 0.857. The second-order valence-electron chi connectivity index (χ2n) is 14.4. The average Bonchev–Trinajstić information content (AvgIpc) is 2.96. The molecule has 0 fully saturated rings. The minimum absolute atomic E-state index is 0.744. The number of hydrogen-bond donors (Lipinski definition) is 0. The molecule has 0 amide bonds. The van der Waals surface area contributed by atoms with Crippen LogP contribution in [0.2, 0.25) is 0 Å². The van der Waals surface area contributed by atoms with Crippen molar-refractivity contribution in [2.24, 2.45) is 17.8 Å². The van der Waals surface area contributed by atoms with Crippen LogP contribution in [0.25, 0.3) is 0 Å². The maximum Gasteiger partial charge on any atom is -0.0136 e.